The van der Waals surface area contributed by atoms with Crippen LogP contribution in [0.4, 0.5) is 4.39 Å². The summed E-state index contributed by atoms with van der Waals surface area (Å²) in [6.45, 7) is 4.16. The molecule has 0 N–H and O–H groups in total. The average Bonchev–Trinajstić information content (AvgIpc) is 2.17. The van der Waals surface area contributed by atoms with Crippen LogP contribution in [0.5, 0.6) is 0 Å². The first-order valence-corrected chi connectivity index (χ1v) is 5.23. The largest absolute Gasteiger partial charge is 0.207 e. The highest BCUT2D eigenvalue weighted by atomic mass is 19.1. The van der Waals surface area contributed by atoms with Crippen LogP contribution in [-0.2, 0) is 0 Å². The molecule has 1 aliphatic rings. The van der Waals surface area contributed by atoms with Gasteiger partial charge in [-0.1, -0.05) is 50.3 Å². The third-order valence-electron chi connectivity index (χ3n) is 2.87. The highest BCUT2D eigenvalue weighted by Crippen LogP contribution is 2.43. The smallest absolute Gasteiger partial charge is 0.127 e. The Kier molecular flexibility index (Phi) is 2.47. The minimum Gasteiger partial charge on any atom is -0.207 e. The molecule has 1 aromatic carbocycles. The van der Waals surface area contributed by atoms with Gasteiger partial charge in [-0.3, -0.25) is 0 Å². The van der Waals surface area contributed by atoms with Gasteiger partial charge < -0.3 is 0 Å². The van der Waals surface area contributed by atoms with E-state index in [9.17, 15) is 4.39 Å². The van der Waals surface area contributed by atoms with Gasteiger partial charge in [0.05, 0.1) is 0 Å². The van der Waals surface area contributed by atoms with E-state index in [1.165, 1.54) is 0 Å². The van der Waals surface area contributed by atoms with Crippen molar-refractivity contribution in [2.75, 3.05) is 0 Å². The Morgan fingerprint density at radius 2 is 1.80 bits per heavy atom. The lowest BCUT2D eigenvalue weighted by Gasteiger charge is -2.30. The Morgan fingerprint density at radius 3 is 2.40 bits per heavy atom. The van der Waals surface area contributed by atoms with Crippen LogP contribution in [0.3, 0.4) is 0 Å². The van der Waals surface area contributed by atoms with E-state index in [1.807, 2.05) is 36.4 Å². The third kappa shape index (κ3) is 1.87. The third-order valence-corrected chi connectivity index (χ3v) is 2.87. The van der Waals surface area contributed by atoms with E-state index < -0.39 is 0 Å². The molecular formula is C14H15F. The van der Waals surface area contributed by atoms with Gasteiger partial charge in [-0.15, -0.1) is 0 Å². The molecule has 0 unspecified atom stereocenters. The number of hydrogen-bond donors (Lipinski definition) is 0. The molecule has 0 aromatic heterocycles. The van der Waals surface area contributed by atoms with Crippen LogP contribution in [0.25, 0.3) is 5.57 Å². The number of hydrogen-bond acceptors (Lipinski definition) is 0. The Bertz CT molecular complexity index is 410. The molecule has 0 heterocycles. The number of halogens is 1. The molecule has 1 heteroatoms. The molecule has 0 saturated heterocycles. The van der Waals surface area contributed by atoms with Crippen LogP contribution in [0.1, 0.15) is 25.8 Å². The maximum Gasteiger partial charge on any atom is 0.127 e. The lowest BCUT2D eigenvalue weighted by molar-refractivity contribution is 0.484. The van der Waals surface area contributed by atoms with Gasteiger partial charge >= 0.3 is 0 Å². The Hall–Kier alpha value is -1.37. The van der Waals surface area contributed by atoms with Crippen LogP contribution >= 0.6 is 0 Å². The summed E-state index contributed by atoms with van der Waals surface area (Å²) >= 11 is 0. The van der Waals surface area contributed by atoms with Gasteiger partial charge in [0.15, 0.2) is 0 Å². The van der Waals surface area contributed by atoms with Gasteiger partial charge in [-0.25, -0.2) is 4.39 Å². The highest BCUT2D eigenvalue weighted by Gasteiger charge is 2.28. The van der Waals surface area contributed by atoms with E-state index in [4.69, 9.17) is 0 Å². The van der Waals surface area contributed by atoms with Crippen molar-refractivity contribution in [2.24, 2.45) is 5.41 Å². The molecule has 0 amide bonds. The molecule has 2 rings (SSSR count). The van der Waals surface area contributed by atoms with E-state index in [1.54, 1.807) is 6.08 Å². The fourth-order valence-corrected chi connectivity index (χ4v) is 2.10. The summed E-state index contributed by atoms with van der Waals surface area (Å²) in [5.41, 5.74) is 1.70. The zero-order valence-electron chi connectivity index (χ0n) is 9.13. The van der Waals surface area contributed by atoms with Crippen LogP contribution in [0.15, 0.2) is 48.3 Å². The summed E-state index contributed by atoms with van der Waals surface area (Å²) in [5, 5.41) is 0. The fourth-order valence-electron chi connectivity index (χ4n) is 2.10. The molecule has 1 aromatic rings. The standard InChI is InChI=1S/C14H15F/c1-14(2)10-6-9-12(15)13(14)11-7-4-3-5-8-11/h3-9H,10H2,1-2H3. The van der Waals surface area contributed by atoms with Crippen molar-refractivity contribution in [1.29, 1.82) is 0 Å². The second kappa shape index (κ2) is 3.65. The second-order valence-electron chi connectivity index (χ2n) is 4.58. The Labute approximate surface area is 90.1 Å². The molecule has 15 heavy (non-hydrogen) atoms. The van der Waals surface area contributed by atoms with Gasteiger partial charge in [0.1, 0.15) is 5.83 Å². The van der Waals surface area contributed by atoms with E-state index in [2.05, 4.69) is 13.8 Å². The Morgan fingerprint density at radius 1 is 1.13 bits per heavy atom. The molecular weight excluding hydrogens is 187 g/mol. The van der Waals surface area contributed by atoms with Crippen LogP contribution in [0, 0.1) is 5.41 Å². The number of benzene rings is 1. The molecule has 1 aliphatic carbocycles. The van der Waals surface area contributed by atoms with Gasteiger partial charge in [-0.2, -0.15) is 0 Å². The number of allylic oxidation sites excluding steroid dienone is 4. The lowest BCUT2D eigenvalue weighted by atomic mass is 9.75. The molecule has 0 fully saturated rings. The SMILES string of the molecule is CC1(C)CC=CC(F)=C1c1ccccc1. The van der Waals surface area contributed by atoms with Gasteiger partial charge in [0.25, 0.3) is 0 Å². The summed E-state index contributed by atoms with van der Waals surface area (Å²) in [6, 6.07) is 9.79. The van der Waals surface area contributed by atoms with E-state index in [0.717, 1.165) is 17.6 Å². The monoisotopic (exact) mass is 202 g/mol. The molecule has 0 radical (unpaired) electrons. The summed E-state index contributed by atoms with van der Waals surface area (Å²) in [6.07, 6.45) is 4.38. The average molecular weight is 202 g/mol. The maximum atomic E-state index is 13.8. The second-order valence-corrected chi connectivity index (χ2v) is 4.58. The molecule has 0 atom stereocenters. The van der Waals surface area contributed by atoms with E-state index in [0.29, 0.717) is 0 Å². The lowest BCUT2D eigenvalue weighted by Crippen LogP contribution is -2.16. The first kappa shape index (κ1) is 10.2. The first-order valence-electron chi connectivity index (χ1n) is 5.23. The maximum absolute atomic E-state index is 13.8. The molecule has 0 saturated carbocycles. The van der Waals surface area contributed by atoms with Crippen molar-refractivity contribution in [3.8, 4) is 0 Å². The minimum absolute atomic E-state index is 0.0996. The Balaban J connectivity index is 2.54. The predicted octanol–water partition coefficient (Wildman–Crippen LogP) is 4.35. The molecule has 78 valence electrons. The van der Waals surface area contributed by atoms with Crippen molar-refractivity contribution in [1.82, 2.24) is 0 Å². The molecule has 0 bridgehead atoms. The first-order chi connectivity index (χ1) is 7.11. The van der Waals surface area contributed by atoms with Gasteiger partial charge in [0.2, 0.25) is 0 Å². The van der Waals surface area contributed by atoms with Crippen molar-refractivity contribution >= 4 is 5.57 Å². The number of rotatable bonds is 1. The minimum atomic E-state index is -0.111. The van der Waals surface area contributed by atoms with Crippen LogP contribution < -0.4 is 0 Å². The van der Waals surface area contributed by atoms with Crippen molar-refractivity contribution in [3.63, 3.8) is 0 Å². The van der Waals surface area contributed by atoms with Gasteiger partial charge in [0, 0.05) is 5.57 Å². The van der Waals surface area contributed by atoms with Crippen LogP contribution in [-0.4, -0.2) is 0 Å². The molecule has 0 aliphatic heterocycles. The van der Waals surface area contributed by atoms with E-state index >= 15 is 0 Å². The summed E-state index contributed by atoms with van der Waals surface area (Å²) < 4.78 is 13.8. The van der Waals surface area contributed by atoms with Crippen molar-refractivity contribution in [3.05, 3.63) is 53.9 Å². The molecule has 0 nitrogen and oxygen atoms in total. The fraction of sp³-hybridized carbons (Fsp3) is 0.286. The van der Waals surface area contributed by atoms with Crippen LogP contribution in [0.2, 0.25) is 0 Å². The zero-order valence-corrected chi connectivity index (χ0v) is 9.13. The highest BCUT2D eigenvalue weighted by molar-refractivity contribution is 5.74. The summed E-state index contributed by atoms with van der Waals surface area (Å²) in [7, 11) is 0. The summed E-state index contributed by atoms with van der Waals surface area (Å²) in [5.74, 6) is -0.0996. The van der Waals surface area contributed by atoms with E-state index in [-0.39, 0.29) is 11.2 Å². The van der Waals surface area contributed by atoms with Gasteiger partial charge in [-0.05, 0) is 23.5 Å². The predicted molar refractivity (Wildman–Crippen MR) is 62.0 cm³/mol. The van der Waals surface area contributed by atoms with Crippen molar-refractivity contribution in [2.45, 2.75) is 20.3 Å². The summed E-state index contributed by atoms with van der Waals surface area (Å²) in [4.78, 5) is 0. The topological polar surface area (TPSA) is 0 Å². The molecule has 0 spiro atoms. The zero-order chi connectivity index (χ0) is 10.9. The normalized spacial score (nSPS) is 19.4. The quantitative estimate of drug-likeness (QED) is 0.635. The van der Waals surface area contributed by atoms with Crippen molar-refractivity contribution < 1.29 is 4.39 Å².